The van der Waals surface area contributed by atoms with Crippen LogP contribution in [-0.2, 0) is 10.4 Å². The van der Waals surface area contributed by atoms with Crippen LogP contribution < -0.4 is 4.90 Å². The minimum absolute atomic E-state index is 0.0130. The smallest absolute Gasteiger partial charge is 0.227 e. The van der Waals surface area contributed by atoms with Gasteiger partial charge >= 0.3 is 0 Å². The van der Waals surface area contributed by atoms with E-state index in [1.165, 1.54) is 0 Å². The number of benzene rings is 3. The molecule has 0 bridgehead atoms. The normalized spacial score (nSPS) is 17.1. The van der Waals surface area contributed by atoms with Gasteiger partial charge in [0.25, 0.3) is 0 Å². The molecule has 26 heavy (non-hydrogen) atoms. The van der Waals surface area contributed by atoms with Gasteiger partial charge in [0.15, 0.2) is 0 Å². The first-order chi connectivity index (χ1) is 12.6. The summed E-state index contributed by atoms with van der Waals surface area (Å²) in [6.45, 7) is 0. The van der Waals surface area contributed by atoms with E-state index < -0.39 is 5.60 Å². The van der Waals surface area contributed by atoms with E-state index in [1.807, 2.05) is 84.9 Å². The third-order valence-corrected chi connectivity index (χ3v) is 5.36. The molecule has 0 saturated carbocycles. The van der Waals surface area contributed by atoms with E-state index in [0.717, 1.165) is 22.4 Å². The number of carbonyl (C=O) groups excluding carboxylic acids is 1. The van der Waals surface area contributed by atoms with Gasteiger partial charge < -0.3 is 10.0 Å². The van der Waals surface area contributed by atoms with Gasteiger partial charge in [-0.05, 0) is 22.8 Å². The van der Waals surface area contributed by atoms with Gasteiger partial charge in [-0.15, -0.1) is 0 Å². The number of aliphatic hydroxyl groups is 1. The average molecular weight is 343 g/mol. The Hall–Kier alpha value is -2.91. The number of hydrogen-bond acceptors (Lipinski definition) is 2. The summed E-state index contributed by atoms with van der Waals surface area (Å²) in [5.74, 6) is -0.341. The largest absolute Gasteiger partial charge is 0.380 e. The maximum absolute atomic E-state index is 12.7. The van der Waals surface area contributed by atoms with Gasteiger partial charge in [-0.25, -0.2) is 0 Å². The van der Waals surface area contributed by atoms with Crippen molar-refractivity contribution >= 4 is 11.6 Å². The molecule has 1 atom stereocenters. The topological polar surface area (TPSA) is 40.5 Å². The second kappa shape index (κ2) is 6.43. The number of para-hydroxylation sites is 1. The van der Waals surface area contributed by atoms with Crippen LogP contribution in [0.4, 0.5) is 5.69 Å². The van der Waals surface area contributed by atoms with Gasteiger partial charge in [0.1, 0.15) is 5.60 Å². The van der Waals surface area contributed by atoms with Crippen molar-refractivity contribution in [2.24, 2.45) is 0 Å². The average Bonchev–Trinajstić information content (AvgIpc) is 2.71. The van der Waals surface area contributed by atoms with Crippen molar-refractivity contribution in [1.29, 1.82) is 0 Å². The summed E-state index contributed by atoms with van der Waals surface area (Å²) in [4.78, 5) is 14.4. The van der Waals surface area contributed by atoms with Gasteiger partial charge in [0.05, 0.1) is 0 Å². The minimum atomic E-state index is -1.28. The lowest BCUT2D eigenvalue weighted by Gasteiger charge is -2.42. The maximum atomic E-state index is 12.7. The molecule has 130 valence electrons. The third kappa shape index (κ3) is 2.52. The van der Waals surface area contributed by atoms with Crippen molar-refractivity contribution in [1.82, 2.24) is 0 Å². The molecule has 0 aromatic heterocycles. The fourth-order valence-electron chi connectivity index (χ4n) is 3.97. The zero-order chi connectivity index (χ0) is 18.1. The number of anilines is 1. The summed E-state index contributed by atoms with van der Waals surface area (Å²) in [6.07, 6.45) is 0.258. The van der Waals surface area contributed by atoms with Crippen molar-refractivity contribution in [3.8, 4) is 0 Å². The van der Waals surface area contributed by atoms with E-state index >= 15 is 0 Å². The minimum Gasteiger partial charge on any atom is -0.380 e. The van der Waals surface area contributed by atoms with Crippen molar-refractivity contribution in [2.75, 3.05) is 11.9 Å². The number of nitrogens with zero attached hydrogens (tertiary/aromatic N) is 1. The van der Waals surface area contributed by atoms with Crippen molar-refractivity contribution < 1.29 is 9.90 Å². The first kappa shape index (κ1) is 16.6. The molecule has 4 rings (SSSR count). The second-order valence-electron chi connectivity index (χ2n) is 6.77. The predicted molar refractivity (Wildman–Crippen MR) is 103 cm³/mol. The number of fused-ring (bicyclic) bond motifs is 1. The van der Waals surface area contributed by atoms with Crippen LogP contribution in [0.5, 0.6) is 0 Å². The molecule has 3 aromatic rings. The van der Waals surface area contributed by atoms with Crippen LogP contribution in [0.2, 0.25) is 0 Å². The molecule has 1 N–H and O–H groups in total. The molecule has 1 aliphatic heterocycles. The number of rotatable bonds is 3. The van der Waals surface area contributed by atoms with Crippen LogP contribution in [0, 0.1) is 0 Å². The van der Waals surface area contributed by atoms with Crippen LogP contribution in [0.3, 0.4) is 0 Å². The Labute approximate surface area is 153 Å². The van der Waals surface area contributed by atoms with Crippen LogP contribution in [0.15, 0.2) is 84.9 Å². The van der Waals surface area contributed by atoms with E-state index in [0.29, 0.717) is 0 Å². The van der Waals surface area contributed by atoms with E-state index in [9.17, 15) is 9.90 Å². The zero-order valence-electron chi connectivity index (χ0n) is 14.7. The molecule has 3 nitrogen and oxygen atoms in total. The van der Waals surface area contributed by atoms with Crippen molar-refractivity contribution in [2.45, 2.75) is 17.9 Å². The maximum Gasteiger partial charge on any atom is 0.227 e. The van der Waals surface area contributed by atoms with Crippen LogP contribution >= 0.6 is 0 Å². The molecule has 3 aromatic carbocycles. The monoisotopic (exact) mass is 343 g/mol. The lowest BCUT2D eigenvalue weighted by atomic mass is 9.70. The van der Waals surface area contributed by atoms with Crippen molar-refractivity contribution in [3.05, 3.63) is 102 Å². The summed E-state index contributed by atoms with van der Waals surface area (Å²) < 4.78 is 0. The highest BCUT2D eigenvalue weighted by Gasteiger charge is 2.45. The van der Waals surface area contributed by atoms with E-state index in [4.69, 9.17) is 0 Å². The molecule has 1 aliphatic rings. The summed E-state index contributed by atoms with van der Waals surface area (Å²) in [6, 6.07) is 27.1. The molecule has 0 aliphatic carbocycles. The summed E-state index contributed by atoms with van der Waals surface area (Å²) in [5, 5.41) is 12.1. The van der Waals surface area contributed by atoms with Gasteiger partial charge in [0, 0.05) is 25.1 Å². The van der Waals surface area contributed by atoms with Gasteiger partial charge in [-0.2, -0.15) is 0 Å². The summed E-state index contributed by atoms with van der Waals surface area (Å²) in [7, 11) is 1.79. The lowest BCUT2D eigenvalue weighted by molar-refractivity contribution is -0.120. The highest BCUT2D eigenvalue weighted by atomic mass is 16.3. The fourth-order valence-corrected chi connectivity index (χ4v) is 3.97. The highest BCUT2D eigenvalue weighted by Crippen LogP contribution is 2.49. The summed E-state index contributed by atoms with van der Waals surface area (Å²) in [5.41, 5.74) is 2.16. The molecule has 0 unspecified atom stereocenters. The Bertz CT molecular complexity index is 882. The molecular formula is C23H21NO2. The summed E-state index contributed by atoms with van der Waals surface area (Å²) >= 11 is 0. The molecular weight excluding hydrogens is 322 g/mol. The molecule has 1 amide bonds. The van der Waals surface area contributed by atoms with E-state index in [1.54, 1.807) is 11.9 Å². The first-order valence-corrected chi connectivity index (χ1v) is 8.81. The SMILES string of the molecule is CN1C(=O)C[C@H](C(O)(c2ccccc2)c2ccccc2)c2ccccc21. The Morgan fingerprint density at radius 3 is 1.92 bits per heavy atom. The number of amides is 1. The van der Waals surface area contributed by atoms with Gasteiger partial charge in [0.2, 0.25) is 5.91 Å². The lowest BCUT2D eigenvalue weighted by Crippen LogP contribution is -2.42. The Morgan fingerprint density at radius 1 is 0.846 bits per heavy atom. The van der Waals surface area contributed by atoms with Crippen molar-refractivity contribution in [3.63, 3.8) is 0 Å². The number of carbonyl (C=O) groups is 1. The molecule has 3 heteroatoms. The van der Waals surface area contributed by atoms with Crippen LogP contribution in [-0.4, -0.2) is 18.1 Å². The zero-order valence-corrected chi connectivity index (χ0v) is 14.7. The molecule has 1 heterocycles. The molecule has 0 spiro atoms. The molecule has 0 fully saturated rings. The molecule has 0 saturated heterocycles. The highest BCUT2D eigenvalue weighted by molar-refractivity contribution is 5.97. The van der Waals surface area contributed by atoms with E-state index in [2.05, 4.69) is 0 Å². The Kier molecular flexibility index (Phi) is 4.09. The van der Waals surface area contributed by atoms with E-state index in [-0.39, 0.29) is 18.2 Å². The fraction of sp³-hybridized carbons (Fsp3) is 0.174. The Balaban J connectivity index is 1.96. The second-order valence-corrected chi connectivity index (χ2v) is 6.77. The quantitative estimate of drug-likeness (QED) is 0.779. The first-order valence-electron chi connectivity index (χ1n) is 8.81. The van der Waals surface area contributed by atoms with Crippen LogP contribution in [0.1, 0.15) is 29.0 Å². The standard InChI is InChI=1S/C23H21NO2/c1-24-21-15-9-8-14-19(21)20(16-22(24)25)23(26,17-10-4-2-5-11-17)18-12-6-3-7-13-18/h2-15,20,26H,16H2,1H3/t20-/m0/s1. The predicted octanol–water partition coefficient (Wildman–Crippen LogP) is 4.07. The third-order valence-electron chi connectivity index (χ3n) is 5.36. The van der Waals surface area contributed by atoms with Gasteiger partial charge in [-0.3, -0.25) is 4.79 Å². The van der Waals surface area contributed by atoms with Gasteiger partial charge in [-0.1, -0.05) is 78.9 Å². The van der Waals surface area contributed by atoms with Crippen LogP contribution in [0.25, 0.3) is 0 Å². The molecule has 0 radical (unpaired) electrons. The number of hydrogen-bond donors (Lipinski definition) is 1. The Morgan fingerprint density at radius 2 is 1.35 bits per heavy atom.